The maximum Gasteiger partial charge on any atom is 0.338 e. The lowest BCUT2D eigenvalue weighted by Gasteiger charge is -2.25. The number of hydrogen-bond acceptors (Lipinski definition) is 12. The van der Waals surface area contributed by atoms with Crippen molar-refractivity contribution in [2.45, 2.75) is 24.5 Å². The van der Waals surface area contributed by atoms with Gasteiger partial charge in [-0.25, -0.2) is 24.3 Å². The number of ether oxygens (including phenoxy) is 4. The number of anilines is 1. The van der Waals surface area contributed by atoms with Crippen molar-refractivity contribution >= 4 is 46.7 Å². The Bertz CT molecular complexity index is 2620. The number of aromatic nitrogens is 4. The van der Waals surface area contributed by atoms with Crippen molar-refractivity contribution < 1.29 is 47.3 Å². The largest absolute Gasteiger partial charge is 0.459 e. The van der Waals surface area contributed by atoms with Gasteiger partial charge in [0.15, 0.2) is 35.4 Å². The Labute approximate surface area is 340 Å². The van der Waals surface area contributed by atoms with Gasteiger partial charge in [0.25, 0.3) is 11.8 Å². The lowest BCUT2D eigenvalue weighted by atomic mass is 10.1. The Morgan fingerprint density at radius 2 is 1.02 bits per heavy atom. The number of hydrogen-bond donors (Lipinski definition) is 0. The van der Waals surface area contributed by atoms with Crippen LogP contribution in [0, 0.1) is 6.08 Å². The number of imidazole rings is 1. The van der Waals surface area contributed by atoms with Gasteiger partial charge in [0, 0.05) is 11.1 Å². The Morgan fingerprint density at radius 3 is 1.50 bits per heavy atom. The Kier molecular flexibility index (Phi) is 11.2. The molecule has 0 N–H and O–H groups in total. The maximum absolute atomic E-state index is 15.8. The fourth-order valence-corrected chi connectivity index (χ4v) is 6.60. The van der Waals surface area contributed by atoms with Gasteiger partial charge in [-0.1, -0.05) is 91.0 Å². The number of amides is 2. The SMILES string of the molecule is O=C(OC[C@H]1O[C@@H](n2cnc3c(N(C(=O)c4ccccc4)C(=O)c4ccccc4)nc([18F])nc32)[C@@H](OC(=O)c2ccccc2)[C@@H]1OC(=O)c1ccccc1)c1ccccc1. The van der Waals surface area contributed by atoms with Crippen LogP contribution in [0.4, 0.5) is 10.2 Å². The summed E-state index contributed by atoms with van der Waals surface area (Å²) in [4.78, 5) is 81.8. The molecule has 2 aromatic heterocycles. The van der Waals surface area contributed by atoms with Crippen molar-refractivity contribution in [2.75, 3.05) is 11.5 Å². The number of halogens is 1. The molecule has 1 saturated heterocycles. The minimum Gasteiger partial charge on any atom is -0.459 e. The summed E-state index contributed by atoms with van der Waals surface area (Å²) in [6.45, 7) is -0.498. The number of fused-ring (bicyclic) bond motifs is 1. The van der Waals surface area contributed by atoms with Crippen molar-refractivity contribution in [3.05, 3.63) is 192 Å². The van der Waals surface area contributed by atoms with E-state index in [1.54, 1.807) is 103 Å². The summed E-state index contributed by atoms with van der Waals surface area (Å²) in [7, 11) is 0. The minimum atomic E-state index is -1.52. The zero-order valence-corrected chi connectivity index (χ0v) is 31.3. The van der Waals surface area contributed by atoms with E-state index in [-0.39, 0.29) is 39.0 Å². The van der Waals surface area contributed by atoms with Gasteiger partial charge in [0.05, 0.1) is 23.0 Å². The summed E-state index contributed by atoms with van der Waals surface area (Å²) >= 11 is 0. The molecular weight excluding hydrogens is 773 g/mol. The van der Waals surface area contributed by atoms with Crippen LogP contribution in [0.5, 0.6) is 0 Å². The molecule has 8 rings (SSSR count). The van der Waals surface area contributed by atoms with Gasteiger partial charge >= 0.3 is 24.0 Å². The number of benzene rings is 5. The predicted octanol–water partition coefficient (Wildman–Crippen LogP) is 6.66. The third kappa shape index (κ3) is 8.10. The van der Waals surface area contributed by atoms with Gasteiger partial charge in [-0.05, 0) is 60.7 Å². The first-order chi connectivity index (χ1) is 29.3. The molecule has 0 aliphatic carbocycles. The zero-order valence-electron chi connectivity index (χ0n) is 31.3. The van der Waals surface area contributed by atoms with E-state index in [9.17, 15) is 24.0 Å². The summed E-state index contributed by atoms with van der Waals surface area (Å²) < 4.78 is 41.1. The molecule has 14 nitrogen and oxygen atoms in total. The van der Waals surface area contributed by atoms with Gasteiger partial charge in [0.1, 0.15) is 12.7 Å². The first-order valence-corrected chi connectivity index (χ1v) is 18.6. The Hall–Kier alpha value is -7.91. The van der Waals surface area contributed by atoms with E-state index in [0.29, 0.717) is 4.90 Å². The zero-order chi connectivity index (χ0) is 41.6. The van der Waals surface area contributed by atoms with Crippen LogP contribution in [-0.4, -0.2) is 74.2 Å². The summed E-state index contributed by atoms with van der Waals surface area (Å²) in [5, 5.41) is 0. The average molecular weight is 805 g/mol. The molecule has 1 aliphatic heterocycles. The molecule has 298 valence electrons. The highest BCUT2D eigenvalue weighted by Crippen LogP contribution is 2.38. The molecule has 0 spiro atoms. The van der Waals surface area contributed by atoms with E-state index in [0.717, 1.165) is 0 Å². The molecule has 1 fully saturated rings. The monoisotopic (exact) mass is 804 g/mol. The average Bonchev–Trinajstić information content (AvgIpc) is 3.87. The second-order valence-electron chi connectivity index (χ2n) is 13.3. The maximum atomic E-state index is 15.8. The minimum absolute atomic E-state index is 0.0939. The van der Waals surface area contributed by atoms with Crippen molar-refractivity contribution in [1.82, 2.24) is 19.5 Å². The molecule has 60 heavy (non-hydrogen) atoms. The number of carbonyl (C=O) groups excluding carboxylic acids is 5. The number of rotatable bonds is 11. The number of imide groups is 1. The fourth-order valence-electron chi connectivity index (χ4n) is 6.60. The summed E-state index contributed by atoms with van der Waals surface area (Å²) in [5.74, 6) is -4.53. The molecular formula is C45H32FN5O9. The van der Waals surface area contributed by atoms with Crippen LogP contribution in [0.3, 0.4) is 0 Å². The molecule has 0 radical (unpaired) electrons. The van der Waals surface area contributed by atoms with E-state index in [2.05, 4.69) is 15.0 Å². The van der Waals surface area contributed by atoms with Crippen molar-refractivity contribution in [2.24, 2.45) is 0 Å². The third-order valence-corrected chi connectivity index (χ3v) is 9.49. The van der Waals surface area contributed by atoms with E-state index >= 15 is 4.39 Å². The van der Waals surface area contributed by atoms with Crippen molar-refractivity contribution in [3.8, 4) is 0 Å². The molecule has 7 aromatic rings. The highest BCUT2D eigenvalue weighted by atomic mass is 18.2. The molecule has 1 aliphatic rings. The van der Waals surface area contributed by atoms with Gasteiger partial charge < -0.3 is 18.9 Å². The molecule has 0 saturated carbocycles. The van der Waals surface area contributed by atoms with Crippen LogP contribution in [0.2, 0.25) is 0 Å². The van der Waals surface area contributed by atoms with Crippen LogP contribution >= 0.6 is 0 Å². The van der Waals surface area contributed by atoms with Crippen LogP contribution in [0.1, 0.15) is 58.0 Å². The highest BCUT2D eigenvalue weighted by Gasteiger charge is 2.52. The van der Waals surface area contributed by atoms with Crippen molar-refractivity contribution in [3.63, 3.8) is 0 Å². The first kappa shape index (κ1) is 38.9. The molecule has 2 amide bonds. The Balaban J connectivity index is 1.23. The summed E-state index contributed by atoms with van der Waals surface area (Å²) in [6, 6.07) is 39.9. The normalized spacial score (nSPS) is 17.1. The number of carbonyl (C=O) groups is 5. The van der Waals surface area contributed by atoms with Gasteiger partial charge in [-0.15, -0.1) is 0 Å². The molecule has 0 unspecified atom stereocenters. The molecule has 0 bridgehead atoms. The third-order valence-electron chi connectivity index (χ3n) is 9.49. The van der Waals surface area contributed by atoms with Gasteiger partial charge in [-0.3, -0.25) is 14.2 Å². The van der Waals surface area contributed by atoms with Crippen LogP contribution in [0.15, 0.2) is 158 Å². The molecule has 3 heterocycles. The van der Waals surface area contributed by atoms with E-state index < -0.39 is 72.8 Å². The topological polar surface area (TPSA) is 169 Å². The summed E-state index contributed by atoms with van der Waals surface area (Å²) in [5.41, 5.74) is 0.227. The van der Waals surface area contributed by atoms with E-state index in [1.165, 1.54) is 59.4 Å². The van der Waals surface area contributed by atoms with Crippen LogP contribution < -0.4 is 4.90 Å². The first-order valence-electron chi connectivity index (χ1n) is 18.6. The van der Waals surface area contributed by atoms with Gasteiger partial charge in [-0.2, -0.15) is 14.4 Å². The van der Waals surface area contributed by atoms with Crippen molar-refractivity contribution in [1.29, 1.82) is 0 Å². The molecule has 5 aromatic carbocycles. The smallest absolute Gasteiger partial charge is 0.338 e. The highest BCUT2D eigenvalue weighted by molar-refractivity contribution is 6.27. The second kappa shape index (κ2) is 17.3. The lowest BCUT2D eigenvalue weighted by Crippen LogP contribution is -2.41. The molecule has 15 heteroatoms. The number of nitrogens with zero attached hydrogens (tertiary/aromatic N) is 5. The standard InChI is InChI=1S/C45H32FN5O9/c46-45-48-37-34(38(49-45)51(39(52)28-16-6-1-7-17-28)40(53)29-18-8-2-9-19-29)47-27-50(37)41-36(60-44(56)32-24-14-5-15-25-32)35(59-43(55)31-22-12-4-13-23-31)33(58-41)26-57-42(54)30-20-10-3-11-21-30/h1-25,27,33,35-36,41H,26H2/t33-,35-,36+,41-/m1/s1/i46-1. The van der Waals surface area contributed by atoms with Crippen LogP contribution in [0.25, 0.3) is 11.2 Å². The van der Waals surface area contributed by atoms with Gasteiger partial charge in [0.2, 0.25) is 0 Å². The van der Waals surface area contributed by atoms with E-state index in [1.807, 2.05) is 0 Å². The molecule has 4 atom stereocenters. The van der Waals surface area contributed by atoms with E-state index in [4.69, 9.17) is 18.9 Å². The predicted molar refractivity (Wildman–Crippen MR) is 211 cm³/mol. The lowest BCUT2D eigenvalue weighted by molar-refractivity contribution is -0.0606. The number of esters is 3. The fraction of sp³-hybridized carbons (Fsp3) is 0.111. The second-order valence-corrected chi connectivity index (χ2v) is 13.3. The quantitative estimate of drug-likeness (QED) is 0.0591. The Morgan fingerprint density at radius 1 is 0.583 bits per heavy atom. The van der Waals surface area contributed by atoms with Crippen LogP contribution in [-0.2, 0) is 18.9 Å². The summed E-state index contributed by atoms with van der Waals surface area (Å²) in [6.07, 6.45) is -5.91.